The summed E-state index contributed by atoms with van der Waals surface area (Å²) in [7, 11) is 0. The van der Waals surface area contributed by atoms with Crippen LogP contribution in [0.2, 0.25) is 10.0 Å². The van der Waals surface area contributed by atoms with Gasteiger partial charge in [0, 0.05) is 15.6 Å². The number of thiocarbonyl (C=S) groups is 1. The number of nitrogens with zero attached hydrogens (tertiary/aromatic N) is 1. The summed E-state index contributed by atoms with van der Waals surface area (Å²) in [5.74, 6) is 0.547. The van der Waals surface area contributed by atoms with Gasteiger partial charge in [-0.05, 0) is 49.4 Å². The molecule has 2 aromatic carbocycles. The first-order chi connectivity index (χ1) is 12.0. The summed E-state index contributed by atoms with van der Waals surface area (Å²) in [6.07, 6.45) is 1.68. The average molecular weight is 410 g/mol. The number of hydrogen-bond donors (Lipinski definition) is 0. The first-order valence-electron chi connectivity index (χ1n) is 7.46. The molecule has 128 valence electrons. The van der Waals surface area contributed by atoms with Gasteiger partial charge in [-0.2, -0.15) is 0 Å². The van der Waals surface area contributed by atoms with Crippen molar-refractivity contribution in [3.63, 3.8) is 0 Å². The first kappa shape index (κ1) is 18.3. The third-order valence-electron chi connectivity index (χ3n) is 3.47. The van der Waals surface area contributed by atoms with Crippen molar-refractivity contribution in [3.05, 3.63) is 63.0 Å². The van der Waals surface area contributed by atoms with Crippen LogP contribution in [-0.2, 0) is 4.79 Å². The van der Waals surface area contributed by atoms with Crippen molar-refractivity contribution in [3.8, 4) is 5.75 Å². The second-order valence-electron chi connectivity index (χ2n) is 5.08. The van der Waals surface area contributed by atoms with E-state index in [2.05, 4.69) is 0 Å². The molecule has 25 heavy (non-hydrogen) atoms. The van der Waals surface area contributed by atoms with Crippen LogP contribution >= 0.6 is 47.2 Å². The minimum atomic E-state index is -0.199. The highest BCUT2D eigenvalue weighted by molar-refractivity contribution is 8.27. The van der Waals surface area contributed by atoms with Crippen molar-refractivity contribution in [2.24, 2.45) is 0 Å². The van der Waals surface area contributed by atoms with Crippen LogP contribution in [-0.4, -0.2) is 16.8 Å². The zero-order chi connectivity index (χ0) is 18.0. The molecule has 1 aliphatic heterocycles. The Hall–Kier alpha value is -1.53. The summed E-state index contributed by atoms with van der Waals surface area (Å²) in [4.78, 5) is 14.8. The summed E-state index contributed by atoms with van der Waals surface area (Å²) < 4.78 is 5.88. The zero-order valence-corrected chi connectivity index (χ0v) is 16.3. The van der Waals surface area contributed by atoms with Crippen molar-refractivity contribution in [1.29, 1.82) is 0 Å². The molecule has 2 aromatic rings. The maximum Gasteiger partial charge on any atom is 0.270 e. The number of halogens is 2. The molecule has 0 saturated carbocycles. The Labute approximate surface area is 165 Å². The molecule has 0 unspecified atom stereocenters. The predicted octanol–water partition coefficient (Wildman–Crippen LogP) is 5.80. The van der Waals surface area contributed by atoms with Gasteiger partial charge in [-0.25, -0.2) is 0 Å². The number of ether oxygens (including phenoxy) is 1. The third-order valence-corrected chi connectivity index (χ3v) is 5.44. The van der Waals surface area contributed by atoms with Crippen molar-refractivity contribution in [1.82, 2.24) is 0 Å². The van der Waals surface area contributed by atoms with Gasteiger partial charge in [0.1, 0.15) is 5.75 Å². The number of hydrogen-bond acceptors (Lipinski definition) is 4. The molecule has 0 aliphatic carbocycles. The zero-order valence-electron chi connectivity index (χ0n) is 13.2. The fourth-order valence-corrected chi connectivity index (χ4v) is 4.12. The lowest BCUT2D eigenvalue weighted by atomic mass is 10.2. The van der Waals surface area contributed by atoms with Gasteiger partial charge in [0.15, 0.2) is 4.32 Å². The quantitative estimate of drug-likeness (QED) is 0.471. The molecule has 1 fully saturated rings. The van der Waals surface area contributed by atoms with Crippen molar-refractivity contribution in [2.75, 3.05) is 11.5 Å². The Balaban J connectivity index is 1.91. The van der Waals surface area contributed by atoms with Crippen LogP contribution < -0.4 is 9.64 Å². The van der Waals surface area contributed by atoms with E-state index in [1.54, 1.807) is 36.4 Å². The summed E-state index contributed by atoms with van der Waals surface area (Å²) in [6.45, 7) is 2.50. The minimum absolute atomic E-state index is 0.199. The molecule has 0 N–H and O–H groups in total. The molecular formula is C18H13Cl2NO2S2. The van der Waals surface area contributed by atoms with E-state index < -0.39 is 0 Å². The predicted molar refractivity (Wildman–Crippen MR) is 110 cm³/mol. The van der Waals surface area contributed by atoms with E-state index in [9.17, 15) is 4.79 Å². The Morgan fingerprint density at radius 1 is 1.16 bits per heavy atom. The van der Waals surface area contributed by atoms with Crippen LogP contribution in [0.25, 0.3) is 6.08 Å². The molecule has 1 saturated heterocycles. The summed E-state index contributed by atoms with van der Waals surface area (Å²) in [5.41, 5.74) is 1.30. The monoisotopic (exact) mass is 409 g/mol. The molecule has 3 rings (SSSR count). The van der Waals surface area contributed by atoms with Gasteiger partial charge >= 0.3 is 0 Å². The van der Waals surface area contributed by atoms with Crippen LogP contribution in [0.4, 0.5) is 5.69 Å². The molecule has 0 radical (unpaired) electrons. The highest BCUT2D eigenvalue weighted by Gasteiger charge is 2.33. The largest absolute Gasteiger partial charge is 0.494 e. The third kappa shape index (κ3) is 3.85. The van der Waals surface area contributed by atoms with Crippen LogP contribution in [0.15, 0.2) is 47.4 Å². The van der Waals surface area contributed by atoms with Gasteiger partial charge < -0.3 is 4.74 Å². The number of amides is 1. The van der Waals surface area contributed by atoms with Crippen LogP contribution in [0.3, 0.4) is 0 Å². The number of carbonyl (C=O) groups excluding carboxylic acids is 1. The molecule has 7 heteroatoms. The fourth-order valence-electron chi connectivity index (χ4n) is 2.33. The van der Waals surface area contributed by atoms with Gasteiger partial charge in [-0.3, -0.25) is 9.69 Å². The Morgan fingerprint density at radius 3 is 2.40 bits per heavy atom. The molecule has 0 bridgehead atoms. The molecule has 3 nitrogen and oxygen atoms in total. The lowest BCUT2D eigenvalue weighted by Gasteiger charge is -2.15. The fraction of sp³-hybridized carbons (Fsp3) is 0.111. The molecular weight excluding hydrogens is 397 g/mol. The second-order valence-corrected chi connectivity index (χ2v) is 7.57. The van der Waals surface area contributed by atoms with Crippen LogP contribution in [0, 0.1) is 0 Å². The first-order valence-corrected chi connectivity index (χ1v) is 9.44. The molecule has 0 atom stereocenters. The van der Waals surface area contributed by atoms with E-state index in [1.165, 1.54) is 16.7 Å². The lowest BCUT2D eigenvalue weighted by molar-refractivity contribution is -0.113. The van der Waals surface area contributed by atoms with E-state index in [-0.39, 0.29) is 5.91 Å². The smallest absolute Gasteiger partial charge is 0.270 e. The summed E-state index contributed by atoms with van der Waals surface area (Å²) >= 11 is 19.0. The minimum Gasteiger partial charge on any atom is -0.494 e. The normalized spacial score (nSPS) is 16.0. The van der Waals surface area contributed by atoms with E-state index in [4.69, 9.17) is 40.2 Å². The molecule has 0 aromatic heterocycles. The topological polar surface area (TPSA) is 29.5 Å². The van der Waals surface area contributed by atoms with Gasteiger partial charge in [-0.15, -0.1) is 0 Å². The maximum absolute atomic E-state index is 12.8. The Kier molecular flexibility index (Phi) is 5.69. The number of rotatable bonds is 4. The Morgan fingerprint density at radius 2 is 1.80 bits per heavy atom. The van der Waals surface area contributed by atoms with Crippen molar-refractivity contribution < 1.29 is 9.53 Å². The summed E-state index contributed by atoms with van der Waals surface area (Å²) in [5, 5.41) is 0.970. The van der Waals surface area contributed by atoms with Gasteiger partial charge in [-0.1, -0.05) is 53.2 Å². The Bertz CT molecular complexity index is 846. The maximum atomic E-state index is 12.8. The van der Waals surface area contributed by atoms with Gasteiger partial charge in [0.2, 0.25) is 0 Å². The number of anilines is 1. The van der Waals surface area contributed by atoms with Crippen molar-refractivity contribution in [2.45, 2.75) is 6.92 Å². The van der Waals surface area contributed by atoms with E-state index in [1.807, 2.05) is 19.1 Å². The van der Waals surface area contributed by atoms with E-state index >= 15 is 0 Å². The average Bonchev–Trinajstić information content (AvgIpc) is 2.86. The summed E-state index contributed by atoms with van der Waals surface area (Å²) in [6, 6.07) is 12.5. The van der Waals surface area contributed by atoms with Crippen molar-refractivity contribution >= 4 is 69.2 Å². The van der Waals surface area contributed by atoms with Crippen LogP contribution in [0.1, 0.15) is 12.5 Å². The highest BCUT2D eigenvalue weighted by Crippen LogP contribution is 2.38. The number of thioether (sulfide) groups is 1. The SMILES string of the molecule is CCOc1ccc(N2C(=O)/C(=C/c3c(Cl)cccc3Cl)SC2=S)cc1. The molecule has 1 aliphatic rings. The highest BCUT2D eigenvalue weighted by atomic mass is 35.5. The lowest BCUT2D eigenvalue weighted by Crippen LogP contribution is -2.27. The van der Waals surface area contributed by atoms with Gasteiger partial charge in [0.25, 0.3) is 5.91 Å². The van der Waals surface area contributed by atoms with E-state index in [0.29, 0.717) is 37.1 Å². The van der Waals surface area contributed by atoms with Crippen LogP contribution in [0.5, 0.6) is 5.75 Å². The van der Waals surface area contributed by atoms with Gasteiger partial charge in [0.05, 0.1) is 17.2 Å². The molecule has 1 amide bonds. The standard InChI is InChI=1S/C18H13Cl2NO2S2/c1-2-23-12-8-6-11(7-9-12)21-17(22)16(25-18(21)24)10-13-14(19)4-3-5-15(13)20/h3-10H,2H2,1H3/b16-10-. The number of carbonyl (C=O) groups is 1. The molecule has 0 spiro atoms. The second kappa shape index (κ2) is 7.79. The molecule has 1 heterocycles. The van der Waals surface area contributed by atoms with E-state index in [0.717, 1.165) is 5.75 Å². The number of benzene rings is 2.